The molecule has 0 atom stereocenters. The van der Waals surface area contributed by atoms with Crippen LogP contribution in [0.15, 0.2) is 24.4 Å². The number of methoxy groups -OCH3 is 1. The summed E-state index contributed by atoms with van der Waals surface area (Å²) in [4.78, 5) is 0. The highest BCUT2D eigenvalue weighted by atomic mass is 16.5. The number of hydrogen-bond donors (Lipinski definition) is 1. The second-order valence-corrected chi connectivity index (χ2v) is 3.17. The molecule has 2 aromatic rings. The first-order chi connectivity index (χ1) is 6.81. The molecule has 0 fully saturated rings. The molecule has 0 aliphatic rings. The van der Waals surface area contributed by atoms with E-state index in [0.29, 0.717) is 6.61 Å². The summed E-state index contributed by atoms with van der Waals surface area (Å²) in [6.07, 6.45) is 1.95. The summed E-state index contributed by atoms with van der Waals surface area (Å²) in [6, 6.07) is 5.74. The van der Waals surface area contributed by atoms with Gasteiger partial charge in [0.05, 0.1) is 18.7 Å². The van der Waals surface area contributed by atoms with Crippen molar-refractivity contribution in [2.45, 2.75) is 6.54 Å². The number of nitrogen functional groups attached to an aromatic ring is 1. The van der Waals surface area contributed by atoms with Crippen LogP contribution in [0.25, 0.3) is 10.9 Å². The minimum atomic E-state index is 0.661. The van der Waals surface area contributed by atoms with Crippen LogP contribution in [-0.2, 0) is 11.3 Å². The highest BCUT2D eigenvalue weighted by Crippen LogP contribution is 2.18. The van der Waals surface area contributed by atoms with Gasteiger partial charge in [0.25, 0.3) is 0 Å². The van der Waals surface area contributed by atoms with Crippen molar-refractivity contribution in [2.24, 2.45) is 0 Å². The van der Waals surface area contributed by atoms with Crippen molar-refractivity contribution in [3.05, 3.63) is 24.4 Å². The summed E-state index contributed by atoms with van der Waals surface area (Å²) in [6.45, 7) is 1.42. The zero-order valence-electron chi connectivity index (χ0n) is 8.10. The van der Waals surface area contributed by atoms with Crippen molar-refractivity contribution < 1.29 is 4.74 Å². The van der Waals surface area contributed by atoms with Crippen molar-refractivity contribution in [3.8, 4) is 0 Å². The van der Waals surface area contributed by atoms with Crippen molar-refractivity contribution >= 4 is 16.6 Å². The first-order valence-corrected chi connectivity index (χ1v) is 4.52. The molecule has 74 valence electrons. The minimum absolute atomic E-state index is 0.661. The molecule has 0 aliphatic heterocycles. The van der Waals surface area contributed by atoms with Crippen LogP contribution in [0.3, 0.4) is 0 Å². The third-order valence-electron chi connectivity index (χ3n) is 2.16. The molecular weight excluding hydrogens is 178 g/mol. The second-order valence-electron chi connectivity index (χ2n) is 3.17. The van der Waals surface area contributed by atoms with Gasteiger partial charge in [-0.1, -0.05) is 6.07 Å². The van der Waals surface area contributed by atoms with E-state index in [9.17, 15) is 0 Å². The van der Waals surface area contributed by atoms with Gasteiger partial charge in [0.15, 0.2) is 0 Å². The second kappa shape index (κ2) is 3.67. The molecule has 0 unspecified atom stereocenters. The Balaban J connectivity index is 2.36. The Morgan fingerprint density at radius 2 is 2.36 bits per heavy atom. The molecule has 0 aliphatic carbocycles. The number of rotatable bonds is 3. The lowest BCUT2D eigenvalue weighted by Gasteiger charge is -1.97. The molecule has 0 bridgehead atoms. The van der Waals surface area contributed by atoms with Gasteiger partial charge in [0, 0.05) is 24.4 Å². The molecule has 0 saturated heterocycles. The third-order valence-corrected chi connectivity index (χ3v) is 2.16. The first-order valence-electron chi connectivity index (χ1n) is 4.52. The summed E-state index contributed by atoms with van der Waals surface area (Å²) < 4.78 is 6.83. The molecule has 0 radical (unpaired) electrons. The number of nitrogens with two attached hydrogens (primary N) is 1. The van der Waals surface area contributed by atoms with Crippen LogP contribution in [0.2, 0.25) is 0 Å². The minimum Gasteiger partial charge on any atom is -0.398 e. The van der Waals surface area contributed by atoms with Crippen LogP contribution < -0.4 is 5.73 Å². The van der Waals surface area contributed by atoms with E-state index in [4.69, 9.17) is 10.5 Å². The summed E-state index contributed by atoms with van der Waals surface area (Å²) in [5.41, 5.74) is 7.51. The normalized spacial score (nSPS) is 10.9. The van der Waals surface area contributed by atoms with Crippen molar-refractivity contribution in [2.75, 3.05) is 19.5 Å². The SMILES string of the molecule is COCCn1cc2c(N)cccc2n1. The van der Waals surface area contributed by atoms with E-state index in [1.165, 1.54) is 0 Å². The number of benzene rings is 1. The molecule has 4 nitrogen and oxygen atoms in total. The molecule has 1 heterocycles. The number of anilines is 1. The van der Waals surface area contributed by atoms with Gasteiger partial charge >= 0.3 is 0 Å². The predicted octanol–water partition coefficient (Wildman–Crippen LogP) is 1.26. The Labute approximate surface area is 82.3 Å². The van der Waals surface area contributed by atoms with Gasteiger partial charge in [-0.3, -0.25) is 4.68 Å². The van der Waals surface area contributed by atoms with Gasteiger partial charge in [-0.05, 0) is 12.1 Å². The number of ether oxygens (including phenoxy) is 1. The Hall–Kier alpha value is -1.55. The largest absolute Gasteiger partial charge is 0.398 e. The predicted molar refractivity (Wildman–Crippen MR) is 56.0 cm³/mol. The van der Waals surface area contributed by atoms with Gasteiger partial charge in [-0.25, -0.2) is 0 Å². The molecule has 0 amide bonds. The summed E-state index contributed by atoms with van der Waals surface area (Å²) in [7, 11) is 1.68. The zero-order valence-corrected chi connectivity index (χ0v) is 8.10. The molecule has 0 saturated carbocycles. The highest BCUT2D eigenvalue weighted by Gasteiger charge is 2.02. The van der Waals surface area contributed by atoms with E-state index in [2.05, 4.69) is 5.10 Å². The summed E-state index contributed by atoms with van der Waals surface area (Å²) >= 11 is 0. The average molecular weight is 191 g/mol. The third kappa shape index (κ3) is 1.56. The number of nitrogens with zero attached hydrogens (tertiary/aromatic N) is 2. The van der Waals surface area contributed by atoms with Crippen molar-refractivity contribution in [1.82, 2.24) is 9.78 Å². The maximum atomic E-state index is 5.81. The van der Waals surface area contributed by atoms with E-state index in [0.717, 1.165) is 23.1 Å². The molecule has 0 spiro atoms. The number of fused-ring (bicyclic) bond motifs is 1. The Kier molecular flexibility index (Phi) is 2.37. The smallest absolute Gasteiger partial charge is 0.0944 e. The summed E-state index contributed by atoms with van der Waals surface area (Å²) in [5, 5.41) is 5.37. The molecule has 1 aromatic carbocycles. The molecule has 1 aromatic heterocycles. The van der Waals surface area contributed by atoms with Crippen molar-refractivity contribution in [3.63, 3.8) is 0 Å². The Morgan fingerprint density at radius 1 is 1.50 bits per heavy atom. The van der Waals surface area contributed by atoms with E-state index in [-0.39, 0.29) is 0 Å². The Morgan fingerprint density at radius 3 is 3.07 bits per heavy atom. The maximum absolute atomic E-state index is 5.81. The van der Waals surface area contributed by atoms with Crippen LogP contribution in [0.4, 0.5) is 5.69 Å². The maximum Gasteiger partial charge on any atom is 0.0944 e. The fraction of sp³-hybridized carbons (Fsp3) is 0.300. The molecular formula is C10H13N3O. The average Bonchev–Trinajstić information content (AvgIpc) is 2.59. The fourth-order valence-corrected chi connectivity index (χ4v) is 1.41. The lowest BCUT2D eigenvalue weighted by molar-refractivity contribution is 0.184. The molecule has 2 N–H and O–H groups in total. The number of aromatic nitrogens is 2. The van der Waals surface area contributed by atoms with E-state index in [1.807, 2.05) is 29.1 Å². The van der Waals surface area contributed by atoms with E-state index in [1.54, 1.807) is 7.11 Å². The van der Waals surface area contributed by atoms with Gasteiger partial charge in [0.2, 0.25) is 0 Å². The van der Waals surface area contributed by atoms with Crippen LogP contribution in [-0.4, -0.2) is 23.5 Å². The van der Waals surface area contributed by atoms with Gasteiger partial charge in [0.1, 0.15) is 0 Å². The molecule has 2 rings (SSSR count). The van der Waals surface area contributed by atoms with Crippen LogP contribution >= 0.6 is 0 Å². The van der Waals surface area contributed by atoms with E-state index < -0.39 is 0 Å². The topological polar surface area (TPSA) is 53.1 Å². The van der Waals surface area contributed by atoms with Crippen LogP contribution in [0.5, 0.6) is 0 Å². The Bertz CT molecular complexity index is 436. The van der Waals surface area contributed by atoms with Crippen LogP contribution in [0, 0.1) is 0 Å². The highest BCUT2D eigenvalue weighted by molar-refractivity contribution is 5.89. The summed E-state index contributed by atoms with van der Waals surface area (Å²) in [5.74, 6) is 0. The van der Waals surface area contributed by atoms with Gasteiger partial charge in [-0.15, -0.1) is 0 Å². The quantitative estimate of drug-likeness (QED) is 0.743. The van der Waals surface area contributed by atoms with Crippen LogP contribution in [0.1, 0.15) is 0 Å². The zero-order chi connectivity index (χ0) is 9.97. The van der Waals surface area contributed by atoms with E-state index >= 15 is 0 Å². The fourth-order valence-electron chi connectivity index (χ4n) is 1.41. The standard InChI is InChI=1S/C10H13N3O/c1-14-6-5-13-7-8-9(11)3-2-4-10(8)12-13/h2-4,7H,5-6,11H2,1H3. The lowest BCUT2D eigenvalue weighted by Crippen LogP contribution is -2.03. The molecule has 4 heteroatoms. The van der Waals surface area contributed by atoms with Crippen molar-refractivity contribution in [1.29, 1.82) is 0 Å². The lowest BCUT2D eigenvalue weighted by atomic mass is 10.2. The first kappa shape index (κ1) is 9.02. The molecule has 14 heavy (non-hydrogen) atoms. The van der Waals surface area contributed by atoms with Gasteiger partial charge < -0.3 is 10.5 Å². The monoisotopic (exact) mass is 191 g/mol. The number of hydrogen-bond acceptors (Lipinski definition) is 3. The van der Waals surface area contributed by atoms with Gasteiger partial charge in [-0.2, -0.15) is 5.10 Å².